The van der Waals surface area contributed by atoms with Crippen molar-refractivity contribution in [2.45, 2.75) is 19.3 Å². The van der Waals surface area contributed by atoms with E-state index in [0.29, 0.717) is 0 Å². The van der Waals surface area contributed by atoms with Crippen molar-refractivity contribution in [2.75, 3.05) is 11.4 Å². The first-order valence-corrected chi connectivity index (χ1v) is 9.65. The molecule has 4 rings (SSSR count). The Morgan fingerprint density at radius 2 is 1.59 bits per heavy atom. The molecular weight excluding hydrogens is 356 g/mol. The number of carbonyl (C=O) groups is 1. The van der Waals surface area contributed by atoms with Gasteiger partial charge in [-0.25, -0.2) is 0 Å². The Labute approximate surface area is 164 Å². The number of hydrogen-bond acceptors (Lipinski definition) is 2. The van der Waals surface area contributed by atoms with Gasteiger partial charge in [-0.15, -0.1) is 0 Å². The predicted molar refractivity (Wildman–Crippen MR) is 110 cm³/mol. The SMILES string of the molecule is O=C1C(CCc2ccc(Cl)cc2)CCN1c1ccc(-c2ccncc2)cc1. The van der Waals surface area contributed by atoms with Crippen LogP contribution in [0.15, 0.2) is 73.1 Å². The highest BCUT2D eigenvalue weighted by molar-refractivity contribution is 6.30. The quantitative estimate of drug-likeness (QED) is 0.598. The molecule has 1 unspecified atom stereocenters. The molecule has 0 saturated carbocycles. The number of amides is 1. The van der Waals surface area contributed by atoms with Gasteiger partial charge >= 0.3 is 0 Å². The predicted octanol–water partition coefficient (Wildman–Crippen LogP) is 5.39. The van der Waals surface area contributed by atoms with Gasteiger partial charge in [-0.05, 0) is 72.4 Å². The molecule has 0 bridgehead atoms. The van der Waals surface area contributed by atoms with E-state index >= 15 is 0 Å². The molecule has 4 heteroatoms. The van der Waals surface area contributed by atoms with Gasteiger partial charge in [0.2, 0.25) is 5.91 Å². The molecule has 1 saturated heterocycles. The maximum Gasteiger partial charge on any atom is 0.230 e. The summed E-state index contributed by atoms with van der Waals surface area (Å²) >= 11 is 5.94. The number of aryl methyl sites for hydroxylation is 1. The van der Waals surface area contributed by atoms with Crippen molar-refractivity contribution in [1.82, 2.24) is 4.98 Å². The summed E-state index contributed by atoms with van der Waals surface area (Å²) in [6, 6.07) is 20.1. The van der Waals surface area contributed by atoms with Crippen LogP contribution >= 0.6 is 11.6 Å². The Morgan fingerprint density at radius 3 is 2.30 bits per heavy atom. The van der Waals surface area contributed by atoms with Crippen LogP contribution in [-0.2, 0) is 11.2 Å². The van der Waals surface area contributed by atoms with Crippen molar-refractivity contribution in [2.24, 2.45) is 5.92 Å². The Balaban J connectivity index is 1.40. The summed E-state index contributed by atoms with van der Waals surface area (Å²) in [7, 11) is 0. The molecule has 2 heterocycles. The Kier molecular flexibility index (Phi) is 5.21. The maximum absolute atomic E-state index is 12.8. The fraction of sp³-hybridized carbons (Fsp3) is 0.217. The monoisotopic (exact) mass is 376 g/mol. The summed E-state index contributed by atoms with van der Waals surface area (Å²) in [4.78, 5) is 18.8. The average molecular weight is 377 g/mol. The van der Waals surface area contributed by atoms with E-state index in [1.54, 1.807) is 12.4 Å². The molecule has 1 aliphatic heterocycles. The zero-order valence-corrected chi connectivity index (χ0v) is 15.8. The van der Waals surface area contributed by atoms with Crippen LogP contribution in [0.1, 0.15) is 18.4 Å². The molecule has 1 aromatic heterocycles. The second kappa shape index (κ2) is 7.93. The van der Waals surface area contributed by atoms with Crippen molar-refractivity contribution < 1.29 is 4.79 Å². The first kappa shape index (κ1) is 17.7. The van der Waals surface area contributed by atoms with E-state index < -0.39 is 0 Å². The molecule has 136 valence electrons. The number of pyridine rings is 1. The highest BCUT2D eigenvalue weighted by atomic mass is 35.5. The average Bonchev–Trinajstić information content (AvgIpc) is 3.09. The highest BCUT2D eigenvalue weighted by Gasteiger charge is 2.31. The van der Waals surface area contributed by atoms with Crippen LogP contribution in [-0.4, -0.2) is 17.4 Å². The van der Waals surface area contributed by atoms with E-state index in [4.69, 9.17) is 11.6 Å². The molecular formula is C23H21ClN2O. The Morgan fingerprint density at radius 1 is 0.926 bits per heavy atom. The summed E-state index contributed by atoms with van der Waals surface area (Å²) in [5, 5.41) is 0.747. The second-order valence-corrected chi connectivity index (χ2v) is 7.36. The molecule has 0 aliphatic carbocycles. The largest absolute Gasteiger partial charge is 0.312 e. The van der Waals surface area contributed by atoms with Gasteiger partial charge in [0, 0.05) is 35.6 Å². The van der Waals surface area contributed by atoms with E-state index in [2.05, 4.69) is 17.1 Å². The molecule has 1 fully saturated rings. The normalized spacial score (nSPS) is 16.7. The highest BCUT2D eigenvalue weighted by Crippen LogP contribution is 2.30. The van der Waals surface area contributed by atoms with Crippen molar-refractivity contribution in [1.29, 1.82) is 0 Å². The standard InChI is InChI=1S/C23H21ClN2O/c24-21-7-2-17(3-8-21)1-4-20-13-16-26(23(20)27)22-9-5-18(6-10-22)19-11-14-25-15-12-19/h2-3,5-12,14-15,20H,1,4,13,16H2. The number of hydrogen-bond donors (Lipinski definition) is 0. The third kappa shape index (κ3) is 4.04. The van der Waals surface area contributed by atoms with Crippen LogP contribution in [0, 0.1) is 5.92 Å². The molecule has 3 aromatic rings. The lowest BCUT2D eigenvalue weighted by atomic mass is 9.98. The minimum Gasteiger partial charge on any atom is -0.312 e. The molecule has 0 radical (unpaired) electrons. The van der Waals surface area contributed by atoms with Crippen LogP contribution in [0.4, 0.5) is 5.69 Å². The van der Waals surface area contributed by atoms with E-state index in [1.165, 1.54) is 5.56 Å². The number of anilines is 1. The summed E-state index contributed by atoms with van der Waals surface area (Å²) in [5.41, 5.74) is 4.47. The molecule has 1 atom stereocenters. The van der Waals surface area contributed by atoms with Crippen molar-refractivity contribution in [3.8, 4) is 11.1 Å². The lowest BCUT2D eigenvalue weighted by Crippen LogP contribution is -2.27. The van der Waals surface area contributed by atoms with Crippen LogP contribution in [0.5, 0.6) is 0 Å². The number of aromatic nitrogens is 1. The van der Waals surface area contributed by atoms with E-state index in [9.17, 15) is 4.79 Å². The van der Waals surface area contributed by atoms with Gasteiger partial charge in [0.1, 0.15) is 0 Å². The van der Waals surface area contributed by atoms with E-state index in [0.717, 1.165) is 47.6 Å². The Bertz CT molecular complexity index is 907. The van der Waals surface area contributed by atoms with Gasteiger partial charge in [0.15, 0.2) is 0 Å². The molecule has 0 N–H and O–H groups in total. The number of halogens is 1. The van der Waals surface area contributed by atoms with Gasteiger partial charge in [0.25, 0.3) is 0 Å². The lowest BCUT2D eigenvalue weighted by Gasteiger charge is -2.17. The van der Waals surface area contributed by atoms with E-state index in [-0.39, 0.29) is 11.8 Å². The van der Waals surface area contributed by atoms with Crippen LogP contribution in [0.3, 0.4) is 0 Å². The molecule has 3 nitrogen and oxygen atoms in total. The van der Waals surface area contributed by atoms with E-state index in [1.807, 2.05) is 53.4 Å². The summed E-state index contributed by atoms with van der Waals surface area (Å²) < 4.78 is 0. The first-order chi connectivity index (χ1) is 13.2. The van der Waals surface area contributed by atoms with Crippen molar-refractivity contribution in [3.05, 3.63) is 83.6 Å². The smallest absolute Gasteiger partial charge is 0.230 e. The number of benzene rings is 2. The van der Waals surface area contributed by atoms with Crippen LogP contribution < -0.4 is 4.90 Å². The summed E-state index contributed by atoms with van der Waals surface area (Å²) in [6.45, 7) is 0.790. The molecule has 2 aromatic carbocycles. The lowest BCUT2D eigenvalue weighted by molar-refractivity contribution is -0.120. The summed E-state index contributed by atoms with van der Waals surface area (Å²) in [5.74, 6) is 0.334. The fourth-order valence-corrected chi connectivity index (χ4v) is 3.76. The minimum atomic E-state index is 0.0977. The fourth-order valence-electron chi connectivity index (χ4n) is 3.63. The van der Waals surface area contributed by atoms with Gasteiger partial charge in [0.05, 0.1) is 0 Å². The zero-order chi connectivity index (χ0) is 18.6. The zero-order valence-electron chi connectivity index (χ0n) is 15.0. The Hall–Kier alpha value is -2.65. The third-order valence-corrected chi connectivity index (χ3v) is 5.46. The maximum atomic E-state index is 12.8. The molecule has 27 heavy (non-hydrogen) atoms. The minimum absolute atomic E-state index is 0.0977. The van der Waals surface area contributed by atoms with Crippen LogP contribution in [0.25, 0.3) is 11.1 Å². The van der Waals surface area contributed by atoms with Gasteiger partial charge in [-0.2, -0.15) is 0 Å². The first-order valence-electron chi connectivity index (χ1n) is 9.27. The van der Waals surface area contributed by atoms with Gasteiger partial charge in [-0.1, -0.05) is 35.9 Å². The van der Waals surface area contributed by atoms with Crippen LogP contribution in [0.2, 0.25) is 5.02 Å². The second-order valence-electron chi connectivity index (χ2n) is 6.92. The van der Waals surface area contributed by atoms with Gasteiger partial charge in [-0.3, -0.25) is 9.78 Å². The number of carbonyl (C=O) groups excluding carboxylic acids is 1. The molecule has 1 aliphatic rings. The topological polar surface area (TPSA) is 33.2 Å². The van der Waals surface area contributed by atoms with Crippen molar-refractivity contribution in [3.63, 3.8) is 0 Å². The van der Waals surface area contributed by atoms with Gasteiger partial charge < -0.3 is 4.90 Å². The van der Waals surface area contributed by atoms with Crippen molar-refractivity contribution >= 4 is 23.2 Å². The summed E-state index contributed by atoms with van der Waals surface area (Å²) in [6.07, 6.45) is 6.28. The number of nitrogens with zero attached hydrogens (tertiary/aromatic N) is 2. The molecule has 1 amide bonds. The number of rotatable bonds is 5. The molecule has 0 spiro atoms. The third-order valence-electron chi connectivity index (χ3n) is 5.20.